The van der Waals surface area contributed by atoms with Gasteiger partial charge in [-0.15, -0.1) is 0 Å². The van der Waals surface area contributed by atoms with E-state index < -0.39 is 18.1 Å². The predicted octanol–water partition coefficient (Wildman–Crippen LogP) is 2.08. The second-order valence-corrected chi connectivity index (χ2v) is 4.90. The molecule has 0 aromatic heterocycles. The average molecular weight is 285 g/mol. The molecule has 0 unspecified atom stereocenters. The van der Waals surface area contributed by atoms with Crippen LogP contribution in [0.25, 0.3) is 0 Å². The van der Waals surface area contributed by atoms with Crippen LogP contribution in [0.5, 0.6) is 0 Å². The van der Waals surface area contributed by atoms with E-state index in [1.807, 2.05) is 30.3 Å². The molecule has 2 aromatic carbocycles. The number of esters is 1. The van der Waals surface area contributed by atoms with Crippen molar-refractivity contribution in [3.63, 3.8) is 0 Å². The van der Waals surface area contributed by atoms with Crippen molar-refractivity contribution in [2.24, 2.45) is 5.73 Å². The van der Waals surface area contributed by atoms with Crippen LogP contribution in [0.1, 0.15) is 27.5 Å². The van der Waals surface area contributed by atoms with Gasteiger partial charge in [0.1, 0.15) is 0 Å². The molecule has 0 amide bonds. The number of carbonyl (C=O) groups excluding carboxylic acids is 1. The molecule has 0 spiro atoms. The van der Waals surface area contributed by atoms with E-state index in [1.54, 1.807) is 24.3 Å². The molecule has 4 nitrogen and oxygen atoms in total. The summed E-state index contributed by atoms with van der Waals surface area (Å²) in [5.41, 5.74) is 8.25. The second-order valence-electron chi connectivity index (χ2n) is 4.90. The molecule has 2 rings (SSSR count). The number of aliphatic hydroxyl groups excluding tert-OH is 1. The molecule has 0 bridgehead atoms. The van der Waals surface area contributed by atoms with Crippen molar-refractivity contribution in [3.05, 3.63) is 71.3 Å². The fraction of sp³-hybridized carbons (Fsp3) is 0.235. The molecule has 0 aliphatic carbocycles. The molecular weight excluding hydrogens is 266 g/mol. The van der Waals surface area contributed by atoms with Crippen LogP contribution in [0.4, 0.5) is 0 Å². The minimum absolute atomic E-state index is 0.415. The van der Waals surface area contributed by atoms with Gasteiger partial charge in [-0.1, -0.05) is 42.5 Å². The van der Waals surface area contributed by atoms with Gasteiger partial charge in [-0.3, -0.25) is 0 Å². The van der Waals surface area contributed by atoms with Gasteiger partial charge in [0.25, 0.3) is 0 Å². The first-order chi connectivity index (χ1) is 10.1. The van der Waals surface area contributed by atoms with Gasteiger partial charge >= 0.3 is 5.97 Å². The lowest BCUT2D eigenvalue weighted by atomic mass is 9.96. The molecule has 2 atom stereocenters. The molecule has 2 aromatic rings. The fourth-order valence-electron chi connectivity index (χ4n) is 2.20. The summed E-state index contributed by atoms with van der Waals surface area (Å²) in [6.07, 6.45) is -0.259. The Labute approximate surface area is 124 Å². The normalized spacial score (nSPS) is 13.5. The topological polar surface area (TPSA) is 72.5 Å². The summed E-state index contributed by atoms with van der Waals surface area (Å²) < 4.78 is 4.68. The van der Waals surface area contributed by atoms with E-state index in [2.05, 4.69) is 4.74 Å². The van der Waals surface area contributed by atoms with Crippen molar-refractivity contribution in [2.45, 2.75) is 18.6 Å². The Hall–Kier alpha value is -2.17. The van der Waals surface area contributed by atoms with E-state index in [1.165, 1.54) is 7.11 Å². The summed E-state index contributed by atoms with van der Waals surface area (Å²) in [4.78, 5) is 11.5. The highest BCUT2D eigenvalue weighted by molar-refractivity contribution is 5.89. The molecule has 0 saturated heterocycles. The van der Waals surface area contributed by atoms with Crippen molar-refractivity contribution >= 4 is 5.97 Å². The molecule has 0 heterocycles. The first kappa shape index (κ1) is 15.2. The predicted molar refractivity (Wildman–Crippen MR) is 80.9 cm³/mol. The van der Waals surface area contributed by atoms with E-state index in [0.29, 0.717) is 17.5 Å². The fourth-order valence-corrected chi connectivity index (χ4v) is 2.20. The van der Waals surface area contributed by atoms with Gasteiger partial charge < -0.3 is 15.6 Å². The Balaban J connectivity index is 2.12. The number of aliphatic hydroxyl groups is 1. The summed E-state index contributed by atoms with van der Waals surface area (Å²) >= 11 is 0. The molecule has 3 N–H and O–H groups in total. The van der Waals surface area contributed by atoms with E-state index in [0.717, 1.165) is 5.56 Å². The van der Waals surface area contributed by atoms with Crippen molar-refractivity contribution in [1.82, 2.24) is 0 Å². The number of benzene rings is 2. The molecule has 0 aliphatic heterocycles. The van der Waals surface area contributed by atoms with Gasteiger partial charge in [0.15, 0.2) is 0 Å². The Morgan fingerprint density at radius 2 is 1.90 bits per heavy atom. The summed E-state index contributed by atoms with van der Waals surface area (Å²) in [7, 11) is 1.33. The van der Waals surface area contributed by atoms with Crippen LogP contribution in [-0.4, -0.2) is 24.3 Å². The third kappa shape index (κ3) is 3.90. The third-order valence-corrected chi connectivity index (χ3v) is 3.39. The van der Waals surface area contributed by atoms with Gasteiger partial charge in [0.05, 0.1) is 24.8 Å². The second kappa shape index (κ2) is 7.02. The molecule has 21 heavy (non-hydrogen) atoms. The van der Waals surface area contributed by atoms with Gasteiger partial charge in [0, 0.05) is 6.42 Å². The molecular formula is C17H19NO3. The van der Waals surface area contributed by atoms with Crippen LogP contribution in [-0.2, 0) is 11.2 Å². The maximum atomic E-state index is 11.5. The summed E-state index contributed by atoms with van der Waals surface area (Å²) in [6.45, 7) is 0. The zero-order valence-corrected chi connectivity index (χ0v) is 11.9. The van der Waals surface area contributed by atoms with Crippen molar-refractivity contribution in [1.29, 1.82) is 0 Å². The van der Waals surface area contributed by atoms with Crippen LogP contribution >= 0.6 is 0 Å². The van der Waals surface area contributed by atoms with Crippen molar-refractivity contribution in [2.75, 3.05) is 7.11 Å². The minimum Gasteiger partial charge on any atom is -0.465 e. The average Bonchev–Trinajstić information content (AvgIpc) is 2.54. The Morgan fingerprint density at radius 1 is 1.19 bits per heavy atom. The summed E-state index contributed by atoms with van der Waals surface area (Å²) in [6, 6.07) is 15.9. The van der Waals surface area contributed by atoms with Crippen molar-refractivity contribution < 1.29 is 14.6 Å². The van der Waals surface area contributed by atoms with Crippen LogP contribution < -0.4 is 5.73 Å². The van der Waals surface area contributed by atoms with Crippen molar-refractivity contribution in [3.8, 4) is 0 Å². The van der Waals surface area contributed by atoms with Crippen LogP contribution in [0, 0.1) is 0 Å². The highest BCUT2D eigenvalue weighted by Crippen LogP contribution is 2.19. The molecule has 0 aliphatic rings. The number of ether oxygens (including phenoxy) is 1. The van der Waals surface area contributed by atoms with Crippen LogP contribution in [0.2, 0.25) is 0 Å². The highest BCUT2D eigenvalue weighted by Gasteiger charge is 2.18. The van der Waals surface area contributed by atoms with Gasteiger partial charge in [-0.05, 0) is 23.3 Å². The Morgan fingerprint density at radius 3 is 2.57 bits per heavy atom. The Kier molecular flexibility index (Phi) is 5.09. The zero-order chi connectivity index (χ0) is 15.2. The largest absolute Gasteiger partial charge is 0.465 e. The molecule has 0 fully saturated rings. The number of carbonyl (C=O) groups is 1. The van der Waals surface area contributed by atoms with E-state index in [-0.39, 0.29) is 0 Å². The number of rotatable bonds is 5. The van der Waals surface area contributed by atoms with Gasteiger partial charge in [0.2, 0.25) is 0 Å². The van der Waals surface area contributed by atoms with E-state index in [9.17, 15) is 9.90 Å². The standard InChI is InChI=1S/C17H19NO3/c1-21-17(20)14-9-5-8-13(11-14)16(18)15(19)10-12-6-3-2-4-7-12/h2-9,11,15-16,19H,10,18H2,1H3/t15-,16+/m1/s1. The lowest BCUT2D eigenvalue weighted by molar-refractivity contribution is 0.0600. The number of nitrogens with two attached hydrogens (primary N) is 1. The lowest BCUT2D eigenvalue weighted by Crippen LogP contribution is -2.28. The minimum atomic E-state index is -0.722. The molecule has 4 heteroatoms. The zero-order valence-electron chi connectivity index (χ0n) is 11.9. The van der Waals surface area contributed by atoms with Crippen LogP contribution in [0.15, 0.2) is 54.6 Å². The molecule has 110 valence electrons. The third-order valence-electron chi connectivity index (χ3n) is 3.39. The molecule has 0 saturated carbocycles. The van der Waals surface area contributed by atoms with E-state index >= 15 is 0 Å². The van der Waals surface area contributed by atoms with Gasteiger partial charge in [-0.2, -0.15) is 0 Å². The van der Waals surface area contributed by atoms with Gasteiger partial charge in [-0.25, -0.2) is 4.79 Å². The SMILES string of the molecule is COC(=O)c1cccc([C@H](N)[C@H](O)Cc2ccccc2)c1. The summed E-state index contributed by atoms with van der Waals surface area (Å²) in [5.74, 6) is -0.415. The van der Waals surface area contributed by atoms with Crippen LogP contribution in [0.3, 0.4) is 0 Å². The molecule has 0 radical (unpaired) electrons. The monoisotopic (exact) mass is 285 g/mol. The highest BCUT2D eigenvalue weighted by atomic mass is 16.5. The maximum absolute atomic E-state index is 11.5. The first-order valence-electron chi connectivity index (χ1n) is 6.77. The van der Waals surface area contributed by atoms with E-state index in [4.69, 9.17) is 5.73 Å². The summed E-state index contributed by atoms with van der Waals surface area (Å²) in [5, 5.41) is 10.3. The number of hydrogen-bond donors (Lipinski definition) is 2. The smallest absolute Gasteiger partial charge is 0.337 e. The first-order valence-corrected chi connectivity index (χ1v) is 6.77. The number of methoxy groups -OCH3 is 1. The Bertz CT molecular complexity index is 598. The number of hydrogen-bond acceptors (Lipinski definition) is 4. The lowest BCUT2D eigenvalue weighted by Gasteiger charge is -2.19. The maximum Gasteiger partial charge on any atom is 0.337 e. The quantitative estimate of drug-likeness (QED) is 0.825.